The fourth-order valence-corrected chi connectivity index (χ4v) is 0.574. The van der Waals surface area contributed by atoms with Gasteiger partial charge in [0.2, 0.25) is 0 Å². The Balaban J connectivity index is 0.000000561. The third-order valence-electron chi connectivity index (χ3n) is 1.06. The number of hydrogen-bond donors (Lipinski definition) is 1. The van der Waals surface area contributed by atoms with Crippen LogP contribution in [0.25, 0.3) is 0 Å². The van der Waals surface area contributed by atoms with E-state index in [1.54, 1.807) is 0 Å². The molecule has 0 saturated heterocycles. The predicted octanol–water partition coefficient (Wildman–Crippen LogP) is 0.533. The van der Waals surface area contributed by atoms with Crippen LogP contribution in [0.4, 0.5) is 5.69 Å². The van der Waals surface area contributed by atoms with Crippen LogP contribution in [0.2, 0.25) is 0 Å². The fourth-order valence-electron chi connectivity index (χ4n) is 0.574. The van der Waals surface area contributed by atoms with Gasteiger partial charge >= 0.3 is 20.0 Å². The Morgan fingerprint density at radius 3 is 2.00 bits per heavy atom. The Bertz CT molecular complexity index is 261. The van der Waals surface area contributed by atoms with Gasteiger partial charge in [0.15, 0.2) is 0 Å². The van der Waals surface area contributed by atoms with Gasteiger partial charge in [-0.25, -0.2) is 0 Å². The molecule has 0 radical (unpaired) electrons. The predicted molar refractivity (Wildman–Crippen MR) is 42.6 cm³/mol. The summed E-state index contributed by atoms with van der Waals surface area (Å²) in [4.78, 5) is 9.52. The van der Waals surface area contributed by atoms with Gasteiger partial charge in [0.1, 0.15) is 5.75 Å². The molecular weight excluding hydrogens is 177 g/mol. The van der Waals surface area contributed by atoms with Crippen molar-refractivity contribution in [1.29, 1.82) is 0 Å². The second-order valence-corrected chi connectivity index (χ2v) is 1.77. The van der Waals surface area contributed by atoms with Crippen LogP contribution in [0.3, 0.4) is 0 Å². The number of aromatic hydroxyl groups is 1. The van der Waals surface area contributed by atoms with E-state index in [0.29, 0.717) is 16.2 Å². The van der Waals surface area contributed by atoms with Crippen molar-refractivity contribution < 1.29 is 13.8 Å². The normalized spacial score (nSPS) is 7.92. The average molecular weight is 183 g/mol. The van der Waals surface area contributed by atoms with Crippen LogP contribution in [-0.2, 0) is 3.80 Å². The van der Waals surface area contributed by atoms with E-state index in [1.807, 2.05) is 0 Å². The third kappa shape index (κ3) is 3.23. The molecule has 0 spiro atoms. The number of non-ortho nitro benzene ring substituents is 1. The molecule has 1 aromatic carbocycles. The first kappa shape index (κ1) is 10.8. The van der Waals surface area contributed by atoms with Crippen molar-refractivity contribution in [2.45, 2.75) is 0 Å². The summed E-state index contributed by atoms with van der Waals surface area (Å²) in [5.74, 6) is 0.0330. The number of nitro benzene ring substituents is 1. The van der Waals surface area contributed by atoms with Gasteiger partial charge in [-0.15, -0.1) is 0 Å². The number of benzene rings is 1. The molecule has 0 aliphatic heterocycles. The van der Waals surface area contributed by atoms with Crippen molar-refractivity contribution in [2.75, 3.05) is 0 Å². The molecule has 0 atom stereocenters. The first-order valence-corrected chi connectivity index (χ1v) is 3.50. The van der Waals surface area contributed by atoms with Gasteiger partial charge in [-0.05, 0) is 12.1 Å². The quantitative estimate of drug-likeness (QED) is 0.391. The van der Waals surface area contributed by atoms with Crippen LogP contribution in [0.1, 0.15) is 0 Å². The monoisotopic (exact) mass is 183 g/mol. The second kappa shape index (κ2) is 5.41. The molecule has 1 aromatic rings. The molecule has 0 aliphatic carbocycles. The summed E-state index contributed by atoms with van der Waals surface area (Å²) in [6.07, 6.45) is 0. The van der Waals surface area contributed by atoms with Gasteiger partial charge in [0, 0.05) is 12.1 Å². The van der Waals surface area contributed by atoms with Crippen molar-refractivity contribution in [3.8, 4) is 5.75 Å². The van der Waals surface area contributed by atoms with Crippen molar-refractivity contribution in [2.24, 2.45) is 0 Å². The maximum atomic E-state index is 10.0. The third-order valence-corrected chi connectivity index (χ3v) is 1.06. The van der Waals surface area contributed by atoms with Crippen molar-refractivity contribution in [3.63, 3.8) is 0 Å². The van der Waals surface area contributed by atoms with E-state index in [9.17, 15) is 10.1 Å². The van der Waals surface area contributed by atoms with Crippen LogP contribution >= 0.6 is 0 Å². The van der Waals surface area contributed by atoms with Crippen LogP contribution < -0.4 is 0 Å². The number of hydrogen-bond acceptors (Lipinski definition) is 4. The van der Waals surface area contributed by atoms with Crippen LogP contribution in [0, 0.1) is 10.1 Å². The number of nitro groups is 1. The van der Waals surface area contributed by atoms with E-state index >= 15 is 0 Å². The molecule has 0 aliphatic rings. The van der Waals surface area contributed by atoms with Gasteiger partial charge in [-0.1, -0.05) is 0 Å². The standard InChI is InChI=1S/C6H5NO3.Al.O.H/c8-6-3-1-5(2-4-6)7(9)10;;;/h1-4,8H;;;. The minimum atomic E-state index is -0.514. The second-order valence-electron chi connectivity index (χ2n) is 1.77. The fraction of sp³-hybridized carbons (Fsp3) is 0. The molecule has 0 unspecified atom stereocenters. The maximum absolute atomic E-state index is 10.0. The van der Waals surface area contributed by atoms with Gasteiger partial charge in [0.05, 0.1) is 4.92 Å². The van der Waals surface area contributed by atoms with Crippen molar-refractivity contribution in [1.82, 2.24) is 0 Å². The molecule has 0 heterocycles. The number of rotatable bonds is 1. The number of nitrogens with zero attached hydrogens (tertiary/aromatic N) is 1. The molecule has 5 nitrogen and oxygen atoms in total. The molecule has 62 valence electrons. The zero-order valence-corrected chi connectivity index (χ0v) is 7.55. The van der Waals surface area contributed by atoms with Crippen molar-refractivity contribution in [3.05, 3.63) is 34.4 Å². The van der Waals surface area contributed by atoms with Gasteiger partial charge < -0.3 is 5.11 Å². The summed E-state index contributed by atoms with van der Waals surface area (Å²) in [6.45, 7) is 0. The SMILES string of the molecule is O=[N+]([O-])c1ccc(O)cc1.[O]=[AlH]. The molecule has 0 amide bonds. The molecular formula is C6H6AlNO4. The Morgan fingerprint density at radius 2 is 1.67 bits per heavy atom. The van der Waals surface area contributed by atoms with Crippen LogP contribution in [0.15, 0.2) is 24.3 Å². The first-order valence-electron chi connectivity index (χ1n) is 2.92. The molecule has 0 saturated carbocycles. The zero-order chi connectivity index (χ0) is 9.56. The van der Waals surface area contributed by atoms with E-state index in [1.165, 1.54) is 24.3 Å². The summed E-state index contributed by atoms with van der Waals surface area (Å²) in [7, 11) is 0. The van der Waals surface area contributed by atoms with Gasteiger partial charge in [0.25, 0.3) is 5.69 Å². The summed E-state index contributed by atoms with van der Waals surface area (Å²) in [6, 6.07) is 5.04. The summed E-state index contributed by atoms with van der Waals surface area (Å²) in [5, 5.41) is 18.8. The van der Waals surface area contributed by atoms with Crippen LogP contribution in [-0.4, -0.2) is 26.3 Å². The molecule has 0 aromatic heterocycles. The average Bonchev–Trinajstić information content (AvgIpc) is 2.09. The Labute approximate surface area is 76.4 Å². The van der Waals surface area contributed by atoms with E-state index in [-0.39, 0.29) is 11.4 Å². The van der Waals surface area contributed by atoms with Crippen molar-refractivity contribution >= 4 is 21.9 Å². The summed E-state index contributed by atoms with van der Waals surface area (Å²) in [5.41, 5.74) is -0.0159. The molecule has 0 fully saturated rings. The van der Waals surface area contributed by atoms with E-state index in [2.05, 4.69) is 0 Å². The van der Waals surface area contributed by atoms with E-state index < -0.39 is 4.92 Å². The van der Waals surface area contributed by atoms with E-state index in [4.69, 9.17) is 8.91 Å². The molecule has 6 heteroatoms. The van der Waals surface area contributed by atoms with E-state index in [0.717, 1.165) is 0 Å². The Kier molecular flexibility index (Phi) is 4.85. The van der Waals surface area contributed by atoms with Gasteiger partial charge in [-0.2, -0.15) is 0 Å². The molecule has 1 N–H and O–H groups in total. The molecule has 0 bridgehead atoms. The Morgan fingerprint density at radius 1 is 1.25 bits per heavy atom. The minimum absolute atomic E-state index is 0.0159. The van der Waals surface area contributed by atoms with Gasteiger partial charge in [-0.3, -0.25) is 10.1 Å². The zero-order valence-electron chi connectivity index (χ0n) is 6.14. The summed E-state index contributed by atoms with van der Waals surface area (Å²) < 4.78 is 8.28. The molecule has 1 rings (SSSR count). The van der Waals surface area contributed by atoms with Crippen LogP contribution in [0.5, 0.6) is 5.75 Å². The summed E-state index contributed by atoms with van der Waals surface area (Å²) >= 11 is 0.611. The number of phenolic OH excluding ortho intramolecular Hbond substituents is 1. The number of phenols is 1. The Hall–Kier alpha value is -1.25. The topological polar surface area (TPSA) is 80.4 Å². The molecule has 12 heavy (non-hydrogen) atoms. The first-order chi connectivity index (χ1) is 5.70.